The highest BCUT2D eigenvalue weighted by Crippen LogP contribution is 2.39. The molecule has 0 amide bonds. The van der Waals surface area contributed by atoms with E-state index in [1.165, 1.54) is 13.2 Å². The molecule has 0 aliphatic rings. The van der Waals surface area contributed by atoms with Crippen molar-refractivity contribution in [1.82, 2.24) is 0 Å². The van der Waals surface area contributed by atoms with Crippen molar-refractivity contribution in [2.75, 3.05) is 7.11 Å². The molecule has 0 atom stereocenters. The van der Waals surface area contributed by atoms with Gasteiger partial charge in [-0.05, 0) is 6.07 Å². The molecule has 19 heavy (non-hydrogen) atoms. The zero-order chi connectivity index (χ0) is 14.0. The monoisotopic (exact) mass is 263 g/mol. The van der Waals surface area contributed by atoms with E-state index < -0.39 is 16.4 Å². The van der Waals surface area contributed by atoms with Crippen molar-refractivity contribution in [3.05, 3.63) is 52.3 Å². The number of halogens is 1. The highest BCUT2D eigenvalue weighted by molar-refractivity contribution is 5.77. The number of hydrogen-bond acceptors (Lipinski definition) is 4. The second-order valence-corrected chi connectivity index (χ2v) is 3.78. The number of phenolic OH excluding ortho intramolecular Hbond substituents is 1. The predicted octanol–water partition coefficient (Wildman–Crippen LogP) is 3.12. The minimum Gasteiger partial charge on any atom is -0.507 e. The highest BCUT2D eigenvalue weighted by atomic mass is 19.1. The molecule has 0 spiro atoms. The number of aromatic hydroxyl groups is 1. The van der Waals surface area contributed by atoms with Crippen LogP contribution in [-0.2, 0) is 0 Å². The second-order valence-electron chi connectivity index (χ2n) is 3.78. The Morgan fingerprint density at radius 1 is 1.26 bits per heavy atom. The molecule has 0 saturated heterocycles. The normalized spacial score (nSPS) is 10.2. The summed E-state index contributed by atoms with van der Waals surface area (Å²) in [7, 11) is 1.32. The van der Waals surface area contributed by atoms with E-state index in [-0.39, 0.29) is 17.1 Å². The number of ether oxygens (including phenoxy) is 1. The number of benzene rings is 2. The number of phenols is 1. The van der Waals surface area contributed by atoms with Crippen molar-refractivity contribution in [2.45, 2.75) is 0 Å². The lowest BCUT2D eigenvalue weighted by atomic mass is 10.0. The fraction of sp³-hybridized carbons (Fsp3) is 0.0769. The lowest BCUT2D eigenvalue weighted by Gasteiger charge is -2.10. The van der Waals surface area contributed by atoms with Crippen molar-refractivity contribution < 1.29 is 19.2 Å². The topological polar surface area (TPSA) is 72.6 Å². The van der Waals surface area contributed by atoms with Gasteiger partial charge in [-0.3, -0.25) is 10.1 Å². The third-order valence-corrected chi connectivity index (χ3v) is 2.66. The number of methoxy groups -OCH3 is 1. The SMILES string of the molecule is COc1cc(F)c([N+](=O)[O-])cc1-c1ccccc1O. The van der Waals surface area contributed by atoms with Crippen molar-refractivity contribution >= 4 is 5.69 Å². The van der Waals surface area contributed by atoms with Crippen LogP contribution < -0.4 is 4.74 Å². The van der Waals surface area contributed by atoms with Crippen LogP contribution >= 0.6 is 0 Å². The van der Waals surface area contributed by atoms with Gasteiger partial charge in [-0.25, -0.2) is 0 Å². The molecule has 0 saturated carbocycles. The Balaban J connectivity index is 2.71. The quantitative estimate of drug-likeness (QED) is 0.682. The molecule has 2 rings (SSSR count). The van der Waals surface area contributed by atoms with E-state index in [2.05, 4.69) is 0 Å². The largest absolute Gasteiger partial charge is 0.507 e. The predicted molar refractivity (Wildman–Crippen MR) is 66.7 cm³/mol. The van der Waals surface area contributed by atoms with Gasteiger partial charge in [0, 0.05) is 23.3 Å². The van der Waals surface area contributed by atoms with Crippen LogP contribution in [0, 0.1) is 15.9 Å². The van der Waals surface area contributed by atoms with Crippen LogP contribution in [0.3, 0.4) is 0 Å². The number of para-hydroxylation sites is 1. The van der Waals surface area contributed by atoms with E-state index in [0.717, 1.165) is 12.1 Å². The summed E-state index contributed by atoms with van der Waals surface area (Å²) in [6.45, 7) is 0. The van der Waals surface area contributed by atoms with Gasteiger partial charge >= 0.3 is 5.69 Å². The lowest BCUT2D eigenvalue weighted by molar-refractivity contribution is -0.387. The van der Waals surface area contributed by atoms with Crippen LogP contribution in [0.2, 0.25) is 0 Å². The van der Waals surface area contributed by atoms with Crippen LogP contribution in [0.25, 0.3) is 11.1 Å². The Morgan fingerprint density at radius 3 is 2.53 bits per heavy atom. The second kappa shape index (κ2) is 4.93. The number of rotatable bonds is 3. The maximum Gasteiger partial charge on any atom is 0.305 e. The molecule has 0 unspecified atom stereocenters. The standard InChI is InChI=1S/C13H10FNO4/c1-19-13-7-10(14)11(15(17)18)6-9(13)8-4-2-3-5-12(8)16/h2-7,16H,1H3. The van der Waals surface area contributed by atoms with E-state index in [0.29, 0.717) is 5.56 Å². The van der Waals surface area contributed by atoms with Gasteiger partial charge in [0.25, 0.3) is 0 Å². The molecule has 0 bridgehead atoms. The number of nitro groups is 1. The van der Waals surface area contributed by atoms with E-state index >= 15 is 0 Å². The summed E-state index contributed by atoms with van der Waals surface area (Å²) in [6.07, 6.45) is 0. The van der Waals surface area contributed by atoms with Crippen LogP contribution in [0.15, 0.2) is 36.4 Å². The van der Waals surface area contributed by atoms with Gasteiger partial charge in [-0.1, -0.05) is 18.2 Å². The summed E-state index contributed by atoms with van der Waals surface area (Å²) in [6, 6.07) is 8.24. The van der Waals surface area contributed by atoms with E-state index in [4.69, 9.17) is 4.74 Å². The molecule has 0 fully saturated rings. The third-order valence-electron chi connectivity index (χ3n) is 2.66. The Kier molecular flexibility index (Phi) is 3.33. The summed E-state index contributed by atoms with van der Waals surface area (Å²) in [5, 5.41) is 20.5. The van der Waals surface area contributed by atoms with Crippen LogP contribution in [-0.4, -0.2) is 17.1 Å². The Bertz CT molecular complexity index is 643. The average molecular weight is 263 g/mol. The number of nitrogens with zero attached hydrogens (tertiary/aromatic N) is 1. The van der Waals surface area contributed by atoms with Crippen molar-refractivity contribution in [3.8, 4) is 22.6 Å². The molecule has 0 heterocycles. The summed E-state index contributed by atoms with van der Waals surface area (Å²) >= 11 is 0. The summed E-state index contributed by atoms with van der Waals surface area (Å²) in [4.78, 5) is 9.93. The van der Waals surface area contributed by atoms with Gasteiger partial charge in [0.1, 0.15) is 11.5 Å². The summed E-state index contributed by atoms with van der Waals surface area (Å²) < 4.78 is 18.5. The van der Waals surface area contributed by atoms with E-state index in [9.17, 15) is 19.6 Å². The van der Waals surface area contributed by atoms with Gasteiger partial charge in [0.05, 0.1) is 12.0 Å². The zero-order valence-electron chi connectivity index (χ0n) is 9.96. The molecule has 0 aliphatic heterocycles. The first-order valence-electron chi connectivity index (χ1n) is 5.35. The van der Waals surface area contributed by atoms with E-state index in [1.807, 2.05) is 0 Å². The Hall–Kier alpha value is -2.63. The smallest absolute Gasteiger partial charge is 0.305 e. The number of hydrogen-bond donors (Lipinski definition) is 1. The van der Waals surface area contributed by atoms with Crippen molar-refractivity contribution in [1.29, 1.82) is 0 Å². The van der Waals surface area contributed by atoms with Gasteiger partial charge in [0.2, 0.25) is 5.82 Å². The maximum absolute atomic E-state index is 13.5. The van der Waals surface area contributed by atoms with Gasteiger partial charge < -0.3 is 9.84 Å². The minimum absolute atomic E-state index is 0.0679. The molecule has 6 heteroatoms. The number of nitro benzene ring substituents is 1. The minimum atomic E-state index is -0.985. The van der Waals surface area contributed by atoms with Crippen LogP contribution in [0.5, 0.6) is 11.5 Å². The Morgan fingerprint density at radius 2 is 1.95 bits per heavy atom. The van der Waals surface area contributed by atoms with Crippen LogP contribution in [0.4, 0.5) is 10.1 Å². The summed E-state index contributed by atoms with van der Waals surface area (Å²) in [5.41, 5.74) is -0.0739. The molecule has 0 aliphatic carbocycles. The molecule has 1 N–H and O–H groups in total. The van der Waals surface area contributed by atoms with Gasteiger partial charge in [-0.2, -0.15) is 4.39 Å². The average Bonchev–Trinajstić information content (AvgIpc) is 2.39. The molecular weight excluding hydrogens is 253 g/mol. The summed E-state index contributed by atoms with van der Waals surface area (Å²) in [5.74, 6) is -0.938. The molecule has 98 valence electrons. The molecule has 5 nitrogen and oxygen atoms in total. The maximum atomic E-state index is 13.5. The fourth-order valence-electron chi connectivity index (χ4n) is 1.76. The van der Waals surface area contributed by atoms with Crippen LogP contribution in [0.1, 0.15) is 0 Å². The van der Waals surface area contributed by atoms with Gasteiger partial charge in [-0.15, -0.1) is 0 Å². The van der Waals surface area contributed by atoms with Crippen molar-refractivity contribution in [3.63, 3.8) is 0 Å². The Labute approximate surface area is 108 Å². The molecule has 0 aromatic heterocycles. The molecule has 0 radical (unpaired) electrons. The van der Waals surface area contributed by atoms with E-state index in [1.54, 1.807) is 18.2 Å². The lowest BCUT2D eigenvalue weighted by Crippen LogP contribution is -1.96. The molecule has 2 aromatic rings. The first kappa shape index (κ1) is 12.8. The first-order chi connectivity index (χ1) is 9.04. The highest BCUT2D eigenvalue weighted by Gasteiger charge is 2.20. The zero-order valence-corrected chi connectivity index (χ0v) is 9.96. The first-order valence-corrected chi connectivity index (χ1v) is 5.35. The molecular formula is C13H10FNO4. The van der Waals surface area contributed by atoms with Crippen molar-refractivity contribution in [2.24, 2.45) is 0 Å². The molecule has 2 aromatic carbocycles. The van der Waals surface area contributed by atoms with Gasteiger partial charge in [0.15, 0.2) is 0 Å². The third kappa shape index (κ3) is 2.33. The fourth-order valence-corrected chi connectivity index (χ4v) is 1.76.